The van der Waals surface area contributed by atoms with Gasteiger partial charge in [0.05, 0.1) is 11.3 Å². The Morgan fingerprint density at radius 1 is 1.12 bits per heavy atom. The van der Waals surface area contributed by atoms with Gasteiger partial charge in [-0.2, -0.15) is 13.2 Å². The Bertz CT molecular complexity index is 1160. The molecule has 2 N–H and O–H groups in total. The normalized spacial score (nSPS) is 15.0. The van der Waals surface area contributed by atoms with Crippen LogP contribution in [0.2, 0.25) is 0 Å². The number of amides is 1. The highest BCUT2D eigenvalue weighted by molar-refractivity contribution is 6.04. The van der Waals surface area contributed by atoms with Crippen molar-refractivity contribution in [1.29, 1.82) is 0 Å². The lowest BCUT2D eigenvalue weighted by molar-refractivity contribution is -0.141. The lowest BCUT2D eigenvalue weighted by Gasteiger charge is -2.21. The van der Waals surface area contributed by atoms with Gasteiger partial charge in [-0.05, 0) is 44.9 Å². The number of aliphatic hydroxyl groups is 1. The maximum atomic E-state index is 13.0. The number of pyridine rings is 1. The number of fused-ring (bicyclic) bond motifs is 1. The molecule has 1 aromatic carbocycles. The molecule has 2 heterocycles. The average molecular weight is 477 g/mol. The molecule has 10 heteroatoms. The fourth-order valence-electron chi connectivity index (χ4n) is 4.03. The van der Waals surface area contributed by atoms with Crippen LogP contribution < -0.4 is 5.32 Å². The summed E-state index contributed by atoms with van der Waals surface area (Å²) in [7, 11) is 0. The van der Waals surface area contributed by atoms with Crippen LogP contribution in [0.15, 0.2) is 34.7 Å². The highest BCUT2D eigenvalue weighted by Crippen LogP contribution is 2.37. The molecule has 0 aliphatic heterocycles. The second kappa shape index (κ2) is 9.92. The van der Waals surface area contributed by atoms with Crippen molar-refractivity contribution in [3.05, 3.63) is 53.2 Å². The molecule has 2 aromatic heterocycles. The molecule has 34 heavy (non-hydrogen) atoms. The number of rotatable bonds is 4. The Balaban J connectivity index is 0.00000158. The molecule has 4 rings (SSSR count). The lowest BCUT2D eigenvalue weighted by atomic mass is 9.89. The van der Waals surface area contributed by atoms with Crippen LogP contribution in [0.1, 0.15) is 79.5 Å². The van der Waals surface area contributed by atoms with Crippen molar-refractivity contribution in [2.75, 3.05) is 5.32 Å². The number of anilines is 1. The molecule has 3 aromatic rings. The Hall–Kier alpha value is -3.27. The molecular weight excluding hydrogens is 451 g/mol. The molecule has 0 atom stereocenters. The summed E-state index contributed by atoms with van der Waals surface area (Å²) < 4.78 is 44.8. The van der Waals surface area contributed by atoms with E-state index >= 15 is 0 Å². The molecule has 7 nitrogen and oxygen atoms in total. The molecule has 0 bridgehead atoms. The van der Waals surface area contributed by atoms with Crippen molar-refractivity contribution >= 4 is 29.5 Å². The molecule has 1 aliphatic rings. The van der Waals surface area contributed by atoms with Gasteiger partial charge in [-0.1, -0.05) is 25.3 Å². The van der Waals surface area contributed by atoms with Crippen LogP contribution in [0.25, 0.3) is 11.1 Å². The summed E-state index contributed by atoms with van der Waals surface area (Å²) in [5.41, 5.74) is -1.31. The maximum Gasteiger partial charge on any atom is 0.433 e. The number of oxazole rings is 1. The van der Waals surface area contributed by atoms with Gasteiger partial charge in [0.15, 0.2) is 11.5 Å². The van der Waals surface area contributed by atoms with E-state index in [0.29, 0.717) is 22.6 Å². The van der Waals surface area contributed by atoms with Gasteiger partial charge in [-0.15, -0.1) is 0 Å². The smallest absolute Gasteiger partial charge is 0.433 e. The van der Waals surface area contributed by atoms with Gasteiger partial charge >= 0.3 is 6.18 Å². The number of alkyl halides is 3. The zero-order chi connectivity index (χ0) is 25.1. The standard InChI is InChI=1S/C23H24F3N3O3.CH2O/c1-22(2,31)14-11-17-18(32-21(29-17)13-7-4-3-5-8-13)12-16(14)28-20(30)15-9-6-10-19(27-15)23(24,25)26;1-2/h6,9-13,31H,3-5,7-8H2,1-2H3,(H,28,30);1H2. The summed E-state index contributed by atoms with van der Waals surface area (Å²) >= 11 is 0. The van der Waals surface area contributed by atoms with Crippen LogP contribution >= 0.6 is 0 Å². The van der Waals surface area contributed by atoms with E-state index in [1.807, 2.05) is 6.79 Å². The minimum atomic E-state index is -4.66. The zero-order valence-electron chi connectivity index (χ0n) is 18.9. The summed E-state index contributed by atoms with van der Waals surface area (Å²) in [5.74, 6) is 0.0338. The van der Waals surface area contributed by atoms with Crippen LogP contribution in [-0.2, 0) is 16.6 Å². The molecular formula is C24H26F3N3O4. The molecule has 1 saturated carbocycles. The highest BCUT2D eigenvalue weighted by atomic mass is 19.4. The number of carbonyl (C=O) groups excluding carboxylic acids is 2. The first-order valence-electron chi connectivity index (χ1n) is 10.8. The van der Waals surface area contributed by atoms with Crippen molar-refractivity contribution in [2.24, 2.45) is 0 Å². The fraction of sp³-hybridized carbons (Fsp3) is 0.417. The summed E-state index contributed by atoms with van der Waals surface area (Å²) in [6, 6.07) is 6.31. The minimum absolute atomic E-state index is 0.223. The van der Waals surface area contributed by atoms with Gasteiger partial charge in [0.1, 0.15) is 23.7 Å². The van der Waals surface area contributed by atoms with E-state index in [1.165, 1.54) is 12.5 Å². The number of benzene rings is 1. The van der Waals surface area contributed by atoms with Crippen molar-refractivity contribution in [3.63, 3.8) is 0 Å². The Morgan fingerprint density at radius 2 is 1.79 bits per heavy atom. The van der Waals surface area contributed by atoms with Gasteiger partial charge in [-0.3, -0.25) is 4.79 Å². The largest absolute Gasteiger partial charge is 0.440 e. The first-order chi connectivity index (χ1) is 16.0. The Labute approximate surface area is 194 Å². The first kappa shape index (κ1) is 25.4. The third-order valence-electron chi connectivity index (χ3n) is 5.68. The number of hydrogen-bond acceptors (Lipinski definition) is 6. The molecule has 0 spiro atoms. The summed E-state index contributed by atoms with van der Waals surface area (Å²) in [5, 5.41) is 13.2. The first-order valence-corrected chi connectivity index (χ1v) is 10.8. The third-order valence-corrected chi connectivity index (χ3v) is 5.68. The van der Waals surface area contributed by atoms with Crippen LogP contribution in [0.5, 0.6) is 0 Å². The van der Waals surface area contributed by atoms with Gasteiger partial charge in [-0.25, -0.2) is 9.97 Å². The van der Waals surface area contributed by atoms with E-state index in [4.69, 9.17) is 9.21 Å². The number of carbonyl (C=O) groups is 2. The summed E-state index contributed by atoms with van der Waals surface area (Å²) in [6.07, 6.45) is 0.751. The predicted octanol–water partition coefficient (Wildman–Crippen LogP) is 5.58. The zero-order valence-corrected chi connectivity index (χ0v) is 18.9. The van der Waals surface area contributed by atoms with Crippen molar-refractivity contribution in [1.82, 2.24) is 9.97 Å². The van der Waals surface area contributed by atoms with Crippen LogP contribution in [0.4, 0.5) is 18.9 Å². The summed E-state index contributed by atoms with van der Waals surface area (Å²) in [6.45, 7) is 5.10. The Morgan fingerprint density at radius 3 is 2.41 bits per heavy atom. The van der Waals surface area contributed by atoms with E-state index in [1.54, 1.807) is 26.0 Å². The van der Waals surface area contributed by atoms with Gasteiger partial charge in [0, 0.05) is 17.5 Å². The molecule has 0 radical (unpaired) electrons. The van der Waals surface area contributed by atoms with E-state index in [0.717, 1.165) is 37.8 Å². The van der Waals surface area contributed by atoms with Gasteiger partial charge in [0.25, 0.3) is 5.91 Å². The van der Waals surface area contributed by atoms with E-state index in [-0.39, 0.29) is 17.3 Å². The molecule has 0 unspecified atom stereocenters. The molecule has 1 fully saturated rings. The minimum Gasteiger partial charge on any atom is -0.440 e. The number of aromatic nitrogens is 2. The number of hydrogen-bond donors (Lipinski definition) is 2. The van der Waals surface area contributed by atoms with Crippen LogP contribution in [0, 0.1) is 0 Å². The summed E-state index contributed by atoms with van der Waals surface area (Å²) in [4.78, 5) is 28.7. The van der Waals surface area contributed by atoms with E-state index in [9.17, 15) is 23.1 Å². The number of halogens is 3. The molecule has 1 amide bonds. The second-order valence-corrected chi connectivity index (χ2v) is 8.67. The number of nitrogens with one attached hydrogen (secondary N) is 1. The van der Waals surface area contributed by atoms with Gasteiger partial charge in [0.2, 0.25) is 0 Å². The van der Waals surface area contributed by atoms with E-state index in [2.05, 4.69) is 15.3 Å². The SMILES string of the molecule is C=O.CC(C)(O)c1cc2nc(C3CCCCC3)oc2cc1NC(=O)c1cccc(C(F)(F)F)n1. The number of nitrogens with zero attached hydrogens (tertiary/aromatic N) is 2. The highest BCUT2D eigenvalue weighted by Gasteiger charge is 2.33. The average Bonchev–Trinajstić information content (AvgIpc) is 3.22. The van der Waals surface area contributed by atoms with Crippen molar-refractivity contribution < 1.29 is 32.3 Å². The quantitative estimate of drug-likeness (QED) is 0.508. The van der Waals surface area contributed by atoms with Crippen molar-refractivity contribution in [3.8, 4) is 0 Å². The van der Waals surface area contributed by atoms with Gasteiger partial charge < -0.3 is 19.6 Å². The van der Waals surface area contributed by atoms with E-state index < -0.39 is 23.4 Å². The second-order valence-electron chi connectivity index (χ2n) is 8.67. The monoisotopic (exact) mass is 477 g/mol. The molecule has 1 aliphatic carbocycles. The topological polar surface area (TPSA) is 105 Å². The molecule has 182 valence electrons. The fourth-order valence-corrected chi connectivity index (χ4v) is 4.03. The third kappa shape index (κ3) is 5.61. The Kier molecular flexibility index (Phi) is 7.40. The van der Waals surface area contributed by atoms with Crippen LogP contribution in [0.3, 0.4) is 0 Å². The maximum absolute atomic E-state index is 13.0. The van der Waals surface area contributed by atoms with Crippen molar-refractivity contribution in [2.45, 2.75) is 63.6 Å². The predicted molar refractivity (Wildman–Crippen MR) is 119 cm³/mol. The lowest BCUT2D eigenvalue weighted by Crippen LogP contribution is -2.22. The van der Waals surface area contributed by atoms with Crippen LogP contribution in [-0.4, -0.2) is 27.8 Å². The molecule has 0 saturated heterocycles.